The molecule has 2 aromatic rings. The van der Waals surface area contributed by atoms with E-state index in [4.69, 9.17) is 11.6 Å². The van der Waals surface area contributed by atoms with Gasteiger partial charge in [0.15, 0.2) is 0 Å². The molecule has 0 amide bonds. The Labute approximate surface area is 128 Å². The summed E-state index contributed by atoms with van der Waals surface area (Å²) in [5.41, 5.74) is 0.305. The monoisotopic (exact) mass is 309 g/mol. The Morgan fingerprint density at radius 3 is 2.71 bits per heavy atom. The number of halogens is 1. The van der Waals surface area contributed by atoms with Gasteiger partial charge in [0.25, 0.3) is 5.56 Å². The van der Waals surface area contributed by atoms with Crippen LogP contribution >= 0.6 is 11.6 Å². The van der Waals surface area contributed by atoms with Crippen LogP contribution < -0.4 is 10.9 Å². The number of nitrogens with one attached hydrogen (secondary N) is 1. The minimum absolute atomic E-state index is 0.0962. The maximum absolute atomic E-state index is 12.1. The van der Waals surface area contributed by atoms with E-state index in [0.29, 0.717) is 18.2 Å². The Morgan fingerprint density at radius 1 is 1.33 bits per heavy atom. The first-order valence-corrected chi connectivity index (χ1v) is 7.33. The molecule has 1 atom stereocenters. The number of anilines is 1. The molecule has 1 unspecified atom stereocenters. The fourth-order valence-electron chi connectivity index (χ4n) is 2.06. The quantitative estimate of drug-likeness (QED) is 0.889. The first-order chi connectivity index (χ1) is 9.97. The van der Waals surface area contributed by atoms with Crippen molar-refractivity contribution in [1.29, 1.82) is 0 Å². The summed E-state index contributed by atoms with van der Waals surface area (Å²) >= 11 is 6.15. The molecule has 2 heterocycles. The van der Waals surface area contributed by atoms with E-state index in [1.807, 2.05) is 31.5 Å². The van der Waals surface area contributed by atoms with Crippen LogP contribution in [-0.4, -0.2) is 25.4 Å². The van der Waals surface area contributed by atoms with Crippen molar-refractivity contribution in [3.05, 3.63) is 40.3 Å². The summed E-state index contributed by atoms with van der Waals surface area (Å²) in [6.45, 7) is 7.35. The van der Waals surface area contributed by atoms with Crippen molar-refractivity contribution in [3.63, 3.8) is 0 Å². The topological polar surface area (TPSA) is 64.7 Å². The van der Waals surface area contributed by atoms with E-state index in [2.05, 4.69) is 15.4 Å². The molecule has 2 aromatic heterocycles. The summed E-state index contributed by atoms with van der Waals surface area (Å²) in [5.74, 6) is 0.338. The highest BCUT2D eigenvalue weighted by Crippen LogP contribution is 2.17. The number of aromatic nitrogens is 4. The first-order valence-electron chi connectivity index (χ1n) is 6.95. The Balaban J connectivity index is 2.10. The number of hydrogen-bond donors (Lipinski definition) is 1. The highest BCUT2D eigenvalue weighted by Gasteiger charge is 2.12. The molecule has 0 radical (unpaired) electrons. The second-order valence-corrected chi connectivity index (χ2v) is 5.94. The summed E-state index contributed by atoms with van der Waals surface area (Å²) in [6.07, 6.45) is 6.97. The molecule has 0 fully saturated rings. The second-order valence-electron chi connectivity index (χ2n) is 5.56. The van der Waals surface area contributed by atoms with Crippen LogP contribution in [0, 0.1) is 5.92 Å². The van der Waals surface area contributed by atoms with Crippen LogP contribution in [-0.2, 0) is 13.1 Å². The van der Waals surface area contributed by atoms with Gasteiger partial charge >= 0.3 is 0 Å². The van der Waals surface area contributed by atoms with Crippen molar-refractivity contribution in [3.8, 4) is 0 Å². The summed E-state index contributed by atoms with van der Waals surface area (Å²) in [7, 11) is 0. The van der Waals surface area contributed by atoms with E-state index in [9.17, 15) is 4.79 Å². The van der Waals surface area contributed by atoms with Crippen LogP contribution in [0.3, 0.4) is 0 Å². The molecule has 0 aromatic carbocycles. The van der Waals surface area contributed by atoms with Gasteiger partial charge in [0.1, 0.15) is 5.02 Å². The van der Waals surface area contributed by atoms with E-state index in [-0.39, 0.29) is 16.6 Å². The molecule has 0 saturated heterocycles. The minimum atomic E-state index is -0.259. The highest BCUT2D eigenvalue weighted by atomic mass is 35.5. The summed E-state index contributed by atoms with van der Waals surface area (Å²) in [4.78, 5) is 16.1. The smallest absolute Gasteiger partial charge is 0.287 e. The van der Waals surface area contributed by atoms with Gasteiger partial charge in [0, 0.05) is 31.5 Å². The standard InChI is InChI=1S/C14H20ClN5O/c1-10(2)7-20-14(21)13(15)12(6-17-20)18-11(3)8-19-5-4-16-9-19/h4-6,9-11,18H,7-8H2,1-3H3. The average molecular weight is 310 g/mol. The number of hydrogen-bond acceptors (Lipinski definition) is 4. The predicted molar refractivity (Wildman–Crippen MR) is 83.7 cm³/mol. The molecule has 0 aliphatic carbocycles. The van der Waals surface area contributed by atoms with Crippen molar-refractivity contribution in [2.45, 2.75) is 39.9 Å². The third-order valence-corrected chi connectivity index (χ3v) is 3.33. The SMILES string of the molecule is CC(C)Cn1ncc(NC(C)Cn2ccnc2)c(Cl)c1=O. The normalized spacial score (nSPS) is 12.6. The van der Waals surface area contributed by atoms with Gasteiger partial charge in [0.05, 0.1) is 18.2 Å². The zero-order chi connectivity index (χ0) is 15.4. The predicted octanol–water partition coefficient (Wildman–Crippen LogP) is 2.25. The van der Waals surface area contributed by atoms with E-state index in [1.54, 1.807) is 18.7 Å². The van der Waals surface area contributed by atoms with Crippen molar-refractivity contribution < 1.29 is 0 Å². The number of imidazole rings is 1. The summed E-state index contributed by atoms with van der Waals surface area (Å²) < 4.78 is 3.36. The Morgan fingerprint density at radius 2 is 2.10 bits per heavy atom. The molecule has 6 nitrogen and oxygen atoms in total. The van der Waals surface area contributed by atoms with Gasteiger partial charge in [0.2, 0.25) is 0 Å². The maximum Gasteiger partial charge on any atom is 0.287 e. The lowest BCUT2D eigenvalue weighted by molar-refractivity contribution is 0.464. The molecule has 0 bridgehead atoms. The first kappa shape index (κ1) is 15.6. The van der Waals surface area contributed by atoms with Crippen molar-refractivity contribution in [2.24, 2.45) is 5.92 Å². The van der Waals surface area contributed by atoms with Gasteiger partial charge < -0.3 is 9.88 Å². The molecule has 0 aliphatic rings. The van der Waals surface area contributed by atoms with E-state index >= 15 is 0 Å². The molecule has 1 N–H and O–H groups in total. The molecule has 0 aliphatic heterocycles. The van der Waals surface area contributed by atoms with Crippen LogP contribution in [0.25, 0.3) is 0 Å². The molecular formula is C14H20ClN5O. The van der Waals surface area contributed by atoms with Crippen molar-refractivity contribution in [2.75, 3.05) is 5.32 Å². The summed E-state index contributed by atoms with van der Waals surface area (Å²) in [6, 6.07) is 0.0962. The van der Waals surface area contributed by atoms with Gasteiger partial charge in [-0.25, -0.2) is 9.67 Å². The van der Waals surface area contributed by atoms with Gasteiger partial charge in [-0.1, -0.05) is 25.4 Å². The maximum atomic E-state index is 12.1. The van der Waals surface area contributed by atoms with Crippen LogP contribution in [0.15, 0.2) is 29.7 Å². The van der Waals surface area contributed by atoms with Gasteiger partial charge in [-0.15, -0.1) is 0 Å². The fraction of sp³-hybridized carbons (Fsp3) is 0.500. The molecular weight excluding hydrogens is 290 g/mol. The molecule has 7 heteroatoms. The van der Waals surface area contributed by atoms with E-state index in [1.165, 1.54) is 4.68 Å². The third-order valence-electron chi connectivity index (χ3n) is 2.97. The van der Waals surface area contributed by atoms with Crippen molar-refractivity contribution >= 4 is 17.3 Å². The zero-order valence-electron chi connectivity index (χ0n) is 12.5. The van der Waals surface area contributed by atoms with E-state index in [0.717, 1.165) is 6.54 Å². The molecule has 21 heavy (non-hydrogen) atoms. The molecule has 0 spiro atoms. The lowest BCUT2D eigenvalue weighted by Gasteiger charge is -2.17. The van der Waals surface area contributed by atoms with Crippen LogP contribution in [0.1, 0.15) is 20.8 Å². The van der Waals surface area contributed by atoms with Crippen LogP contribution in [0.5, 0.6) is 0 Å². The van der Waals surface area contributed by atoms with Crippen molar-refractivity contribution in [1.82, 2.24) is 19.3 Å². The second kappa shape index (κ2) is 6.76. The highest BCUT2D eigenvalue weighted by molar-refractivity contribution is 6.32. The third kappa shape index (κ3) is 4.07. The fourth-order valence-corrected chi connectivity index (χ4v) is 2.26. The number of rotatable bonds is 6. The van der Waals surface area contributed by atoms with Gasteiger partial charge in [-0.05, 0) is 12.8 Å². The lowest BCUT2D eigenvalue weighted by Crippen LogP contribution is -2.28. The Kier molecular flexibility index (Phi) is 5.01. The molecule has 114 valence electrons. The summed E-state index contributed by atoms with van der Waals surface area (Å²) in [5, 5.41) is 7.56. The average Bonchev–Trinajstić information content (AvgIpc) is 2.91. The Hall–Kier alpha value is -1.82. The van der Waals surface area contributed by atoms with E-state index < -0.39 is 0 Å². The Bertz CT molecular complexity index is 635. The van der Waals surface area contributed by atoms with Gasteiger partial charge in [-0.3, -0.25) is 4.79 Å². The van der Waals surface area contributed by atoms with Crippen LogP contribution in [0.2, 0.25) is 5.02 Å². The molecule has 0 saturated carbocycles. The number of nitrogens with zero attached hydrogens (tertiary/aromatic N) is 4. The largest absolute Gasteiger partial charge is 0.378 e. The zero-order valence-corrected chi connectivity index (χ0v) is 13.2. The lowest BCUT2D eigenvalue weighted by atomic mass is 10.2. The molecule has 2 rings (SSSR count). The van der Waals surface area contributed by atoms with Gasteiger partial charge in [-0.2, -0.15) is 5.10 Å². The van der Waals surface area contributed by atoms with Crippen LogP contribution in [0.4, 0.5) is 5.69 Å². The minimum Gasteiger partial charge on any atom is -0.378 e.